The first-order valence-electron chi connectivity index (χ1n) is 5.13. The Morgan fingerprint density at radius 3 is 2.35 bits per heavy atom. The molecule has 3 nitrogen and oxygen atoms in total. The summed E-state index contributed by atoms with van der Waals surface area (Å²) in [6.07, 6.45) is 1.85. The van der Waals surface area contributed by atoms with Gasteiger partial charge in [-0.15, -0.1) is 0 Å². The van der Waals surface area contributed by atoms with E-state index in [1.54, 1.807) is 24.3 Å². The Hall–Kier alpha value is -0.910. The van der Waals surface area contributed by atoms with Gasteiger partial charge in [0.05, 0.1) is 4.90 Å². The van der Waals surface area contributed by atoms with E-state index in [9.17, 15) is 8.42 Å². The fourth-order valence-electron chi connectivity index (χ4n) is 1.11. The molecule has 0 amide bonds. The normalized spacial score (nSPS) is 14.6. The number of aryl methyl sites for hydroxylation is 1. The van der Waals surface area contributed by atoms with Crippen LogP contribution in [0.25, 0.3) is 0 Å². The zero-order chi connectivity index (χ0) is 13.1. The molecule has 94 valence electrons. The summed E-state index contributed by atoms with van der Waals surface area (Å²) < 4.78 is 26.6. The summed E-state index contributed by atoms with van der Waals surface area (Å²) in [5, 5.41) is 0. The molecular weight excluding hydrogens is 254 g/mol. The van der Waals surface area contributed by atoms with Crippen molar-refractivity contribution in [2.45, 2.75) is 25.7 Å². The Labute approximate surface area is 106 Å². The monoisotopic (exact) mass is 271 g/mol. The third-order valence-electron chi connectivity index (χ3n) is 2.34. The van der Waals surface area contributed by atoms with Crippen molar-refractivity contribution in [3.8, 4) is 0 Å². The maximum Gasteiger partial charge on any atom is 0.249 e. The van der Waals surface area contributed by atoms with Crippen molar-refractivity contribution in [2.75, 3.05) is 0 Å². The molecule has 1 N–H and O–H groups in total. The maximum absolute atomic E-state index is 12.0. The van der Waals surface area contributed by atoms with Crippen LogP contribution in [0.4, 0.5) is 0 Å². The lowest BCUT2D eigenvalue weighted by Gasteiger charge is -2.10. The standard InChI is InChI=1S/C12H17NO2S2/c1-5-11(3)16(4)13-17(14,15)12-8-6-10(2)7-9-12/h5-9,13H,4H2,1-3H3. The fraction of sp³-hybridized carbons (Fsp3) is 0.250. The number of allylic oxidation sites excluding steroid dienone is 2. The zero-order valence-electron chi connectivity index (χ0n) is 10.2. The summed E-state index contributed by atoms with van der Waals surface area (Å²) in [7, 11) is -4.19. The third-order valence-corrected chi connectivity index (χ3v) is 5.92. The summed E-state index contributed by atoms with van der Waals surface area (Å²) >= 11 is 0. The van der Waals surface area contributed by atoms with Gasteiger partial charge in [0.2, 0.25) is 10.0 Å². The number of hydrogen-bond donors (Lipinski definition) is 1. The van der Waals surface area contributed by atoms with E-state index >= 15 is 0 Å². The molecule has 0 fully saturated rings. The highest BCUT2D eigenvalue weighted by atomic mass is 32.3. The molecule has 0 heterocycles. The summed E-state index contributed by atoms with van der Waals surface area (Å²) in [5.74, 6) is 3.81. The van der Waals surface area contributed by atoms with Gasteiger partial charge < -0.3 is 0 Å². The molecule has 17 heavy (non-hydrogen) atoms. The van der Waals surface area contributed by atoms with Crippen LogP contribution in [0.3, 0.4) is 0 Å². The number of benzene rings is 1. The highest BCUT2D eigenvalue weighted by molar-refractivity contribution is 8.22. The van der Waals surface area contributed by atoms with Crippen molar-refractivity contribution in [2.24, 2.45) is 0 Å². The van der Waals surface area contributed by atoms with Gasteiger partial charge in [-0.05, 0) is 37.8 Å². The molecule has 0 radical (unpaired) electrons. The lowest BCUT2D eigenvalue weighted by atomic mass is 10.2. The largest absolute Gasteiger partial charge is 0.249 e. The summed E-state index contributed by atoms with van der Waals surface area (Å²) in [6, 6.07) is 6.75. The van der Waals surface area contributed by atoms with E-state index in [0.29, 0.717) is 0 Å². The highest BCUT2D eigenvalue weighted by Crippen LogP contribution is 2.21. The molecule has 0 saturated heterocycles. The Morgan fingerprint density at radius 1 is 1.35 bits per heavy atom. The number of sulfonamides is 1. The predicted octanol–water partition coefficient (Wildman–Crippen LogP) is 2.81. The summed E-state index contributed by atoms with van der Waals surface area (Å²) in [6.45, 7) is 5.63. The minimum Gasteiger partial charge on any atom is -0.206 e. The van der Waals surface area contributed by atoms with Crippen LogP contribution in [0.15, 0.2) is 40.1 Å². The van der Waals surface area contributed by atoms with Gasteiger partial charge >= 0.3 is 0 Å². The second-order valence-corrected chi connectivity index (χ2v) is 7.26. The second-order valence-electron chi connectivity index (χ2n) is 3.69. The SMILES string of the molecule is C=S(NS(=O)(=O)c1ccc(C)cc1)C(C)=CC. The van der Waals surface area contributed by atoms with Crippen LogP contribution in [-0.2, 0) is 10.0 Å². The van der Waals surface area contributed by atoms with E-state index in [1.165, 1.54) is 0 Å². The molecule has 0 aromatic heterocycles. The van der Waals surface area contributed by atoms with Crippen molar-refractivity contribution in [1.82, 2.24) is 4.13 Å². The van der Waals surface area contributed by atoms with Crippen LogP contribution in [0, 0.1) is 6.92 Å². The lowest BCUT2D eigenvalue weighted by Crippen LogP contribution is -2.18. The van der Waals surface area contributed by atoms with Crippen LogP contribution in [-0.4, -0.2) is 14.3 Å². The minimum atomic E-state index is -3.47. The Kier molecular flexibility index (Phi) is 4.68. The lowest BCUT2D eigenvalue weighted by molar-refractivity contribution is 0.594. The van der Waals surface area contributed by atoms with E-state index in [4.69, 9.17) is 0 Å². The van der Waals surface area contributed by atoms with Crippen molar-refractivity contribution < 1.29 is 8.42 Å². The molecule has 1 aromatic carbocycles. The van der Waals surface area contributed by atoms with E-state index < -0.39 is 20.7 Å². The van der Waals surface area contributed by atoms with Crippen molar-refractivity contribution >= 4 is 26.6 Å². The summed E-state index contributed by atoms with van der Waals surface area (Å²) in [5.41, 5.74) is 1.03. The summed E-state index contributed by atoms with van der Waals surface area (Å²) in [4.78, 5) is 1.19. The molecule has 1 rings (SSSR count). The molecule has 5 heteroatoms. The first-order valence-corrected chi connectivity index (χ1v) is 8.00. The Balaban J connectivity index is 2.97. The molecule has 1 unspecified atom stereocenters. The molecule has 0 saturated carbocycles. The van der Waals surface area contributed by atoms with E-state index in [0.717, 1.165) is 10.5 Å². The maximum atomic E-state index is 12.0. The van der Waals surface area contributed by atoms with E-state index in [-0.39, 0.29) is 4.90 Å². The predicted molar refractivity (Wildman–Crippen MR) is 75.6 cm³/mol. The van der Waals surface area contributed by atoms with Crippen molar-refractivity contribution in [3.63, 3.8) is 0 Å². The van der Waals surface area contributed by atoms with Gasteiger partial charge in [-0.2, -0.15) is 4.13 Å². The first-order chi connectivity index (χ1) is 7.86. The molecular formula is C12H17NO2S2. The van der Waals surface area contributed by atoms with Crippen molar-refractivity contribution in [1.29, 1.82) is 0 Å². The minimum absolute atomic E-state index is 0.271. The van der Waals surface area contributed by atoms with E-state index in [1.807, 2.05) is 26.8 Å². The van der Waals surface area contributed by atoms with Gasteiger partial charge in [0.15, 0.2) is 0 Å². The Morgan fingerprint density at radius 2 is 1.88 bits per heavy atom. The number of rotatable bonds is 4. The van der Waals surface area contributed by atoms with Gasteiger partial charge in [0, 0.05) is 0 Å². The van der Waals surface area contributed by atoms with Crippen LogP contribution >= 0.6 is 10.7 Å². The first kappa shape index (κ1) is 14.2. The molecule has 0 aliphatic heterocycles. The van der Waals surface area contributed by atoms with Crippen LogP contribution in [0.5, 0.6) is 0 Å². The fourth-order valence-corrected chi connectivity index (χ4v) is 3.85. The molecule has 1 atom stereocenters. The zero-order valence-corrected chi connectivity index (χ0v) is 11.9. The van der Waals surface area contributed by atoms with Gasteiger partial charge in [-0.1, -0.05) is 40.3 Å². The molecule has 0 bridgehead atoms. The van der Waals surface area contributed by atoms with Gasteiger partial charge in [0.25, 0.3) is 0 Å². The molecule has 0 aliphatic rings. The molecule has 0 aliphatic carbocycles. The number of hydrogen-bond acceptors (Lipinski definition) is 2. The topological polar surface area (TPSA) is 46.2 Å². The Bertz CT molecular complexity index is 542. The van der Waals surface area contributed by atoms with Crippen LogP contribution in [0.2, 0.25) is 0 Å². The van der Waals surface area contributed by atoms with E-state index in [2.05, 4.69) is 10.00 Å². The number of nitrogens with one attached hydrogen (secondary N) is 1. The smallest absolute Gasteiger partial charge is 0.206 e. The van der Waals surface area contributed by atoms with Crippen molar-refractivity contribution in [3.05, 3.63) is 40.8 Å². The van der Waals surface area contributed by atoms with Crippen LogP contribution in [0.1, 0.15) is 19.4 Å². The quantitative estimate of drug-likeness (QED) is 0.856. The van der Waals surface area contributed by atoms with Crippen LogP contribution < -0.4 is 4.13 Å². The van der Waals surface area contributed by atoms with Gasteiger partial charge in [-0.25, -0.2) is 8.42 Å². The average molecular weight is 271 g/mol. The third kappa shape index (κ3) is 3.80. The van der Waals surface area contributed by atoms with Gasteiger partial charge in [0.1, 0.15) is 0 Å². The second kappa shape index (κ2) is 5.62. The van der Waals surface area contributed by atoms with Gasteiger partial charge in [-0.3, -0.25) is 0 Å². The highest BCUT2D eigenvalue weighted by Gasteiger charge is 2.14. The molecule has 1 aromatic rings. The molecule has 0 spiro atoms. The average Bonchev–Trinajstić information content (AvgIpc) is 2.27.